The van der Waals surface area contributed by atoms with Gasteiger partial charge in [0.05, 0.1) is 6.04 Å². The molecule has 39 nitrogen and oxygen atoms in total. The highest BCUT2D eigenvalue weighted by atomic mass is 16.3. The molecule has 0 radical (unpaired) electrons. The zero-order valence-electron chi connectivity index (χ0n) is 74.3. The molecule has 12 amide bonds. The van der Waals surface area contributed by atoms with Gasteiger partial charge in [0.1, 0.15) is 72.2 Å². The summed E-state index contributed by atoms with van der Waals surface area (Å²) >= 11 is 0. The summed E-state index contributed by atoms with van der Waals surface area (Å²) in [5.74, 6) is -11.2. The van der Waals surface area contributed by atoms with Crippen LogP contribution in [0.3, 0.4) is 0 Å². The summed E-state index contributed by atoms with van der Waals surface area (Å²) in [6, 6.07) is 11.5. The number of hydrogen-bond donors (Lipinski definition) is 27. The van der Waals surface area contributed by atoms with E-state index in [-0.39, 0.29) is 147 Å². The van der Waals surface area contributed by atoms with Crippen LogP contribution >= 0.6 is 0 Å². The Hall–Kier alpha value is -12.7. The zero-order chi connectivity index (χ0) is 94.1. The van der Waals surface area contributed by atoms with Crippen molar-refractivity contribution in [3.8, 4) is 5.75 Å². The van der Waals surface area contributed by atoms with E-state index in [9.17, 15) is 33.9 Å². The summed E-state index contributed by atoms with van der Waals surface area (Å²) in [5, 5.41) is 64.7. The first-order chi connectivity index (χ1) is 61.8. The maximum Gasteiger partial charge on any atom is 0.243 e. The number of aromatic amines is 3. The third-order valence-electron chi connectivity index (χ3n) is 22.6. The van der Waals surface area contributed by atoms with Crippen LogP contribution in [0, 0.1) is 22.7 Å². The highest BCUT2D eigenvalue weighted by Crippen LogP contribution is 2.25. The van der Waals surface area contributed by atoms with E-state index >= 15 is 28.8 Å². The average molecular weight is 1790 g/mol. The van der Waals surface area contributed by atoms with Crippen molar-refractivity contribution in [2.75, 3.05) is 39.3 Å². The summed E-state index contributed by atoms with van der Waals surface area (Å²) in [6.07, 6.45) is 8.06. The number of nitrogens with two attached hydrogens (primary N) is 8. The Balaban J connectivity index is 1.16. The summed E-state index contributed by atoms with van der Waals surface area (Å²) in [4.78, 5) is 187. The monoisotopic (exact) mass is 1790 g/mol. The maximum atomic E-state index is 15.4. The van der Waals surface area contributed by atoms with E-state index in [1.807, 2.05) is 74.5 Å². The van der Waals surface area contributed by atoms with Crippen molar-refractivity contribution in [3.05, 3.63) is 138 Å². The van der Waals surface area contributed by atoms with Crippen LogP contribution in [0.4, 0.5) is 0 Å². The first-order valence-corrected chi connectivity index (χ1v) is 44.6. The molecule has 3 aromatic heterocycles. The number of unbranched alkanes of at least 4 members (excludes halogenated alkanes) is 4. The van der Waals surface area contributed by atoms with Gasteiger partial charge in [-0.15, -0.1) is 0 Å². The smallest absolute Gasteiger partial charge is 0.243 e. The van der Waals surface area contributed by atoms with Crippen molar-refractivity contribution in [2.45, 2.75) is 241 Å². The topological polar surface area (TPSA) is 685 Å². The SMILES string of the molecule is CC[C@H](C)[C@H](NC(=O)[C@H](CCCCN)NC(=O)[C@H](CCCCN)NC(=O)[C@H](Cc1c[nH]c2ccccc12)NC(=O)[C@@H](N)CC(C)C)C(=O)N[C@@H](Cc1ccc(O)cc1)C(=O)N[C@@H](CCCNC(=N)N)C(=O)N[C@@H](CCCCN)C(=O)N[C@@H](Cc1c[nH]c2ccccc12)C(=O)N[C@@H](CCCCN)C(=O)N[C@@H](CCCNC(=N)N)C(=O)N[C@@H](Cc1c[nH]c2ccccc12)C(N)=O. The van der Waals surface area contributed by atoms with E-state index in [0.717, 1.165) is 21.8 Å². The van der Waals surface area contributed by atoms with Gasteiger partial charge >= 0.3 is 0 Å². The minimum Gasteiger partial charge on any atom is -0.508 e. The fraction of sp³-hybridized carbons (Fsp3) is 0.511. The fourth-order valence-electron chi connectivity index (χ4n) is 15.2. The third-order valence-corrected chi connectivity index (χ3v) is 22.6. The molecule has 0 aliphatic rings. The predicted octanol–water partition coefficient (Wildman–Crippen LogP) is 0.387. The molecule has 39 heteroatoms. The molecule has 0 spiro atoms. The lowest BCUT2D eigenvalue weighted by Gasteiger charge is -2.30. The Morgan fingerprint density at radius 3 is 0.969 bits per heavy atom. The number of nitrogens with one attached hydrogen (secondary N) is 18. The van der Waals surface area contributed by atoms with Crippen molar-refractivity contribution in [2.24, 2.45) is 57.7 Å². The first kappa shape index (κ1) is 103. The number of guanidine groups is 2. The Morgan fingerprint density at radius 2 is 0.643 bits per heavy atom. The van der Waals surface area contributed by atoms with Crippen molar-refractivity contribution < 1.29 is 62.6 Å². The molecule has 0 aliphatic carbocycles. The van der Waals surface area contributed by atoms with Crippen LogP contribution in [0.5, 0.6) is 5.75 Å². The number of phenolic OH excluding ortho intramolecular Hbond substituents is 1. The van der Waals surface area contributed by atoms with Gasteiger partial charge in [-0.2, -0.15) is 0 Å². The minimum absolute atomic E-state index is 0.00631. The van der Waals surface area contributed by atoms with Crippen LogP contribution in [0.15, 0.2) is 116 Å². The summed E-state index contributed by atoms with van der Waals surface area (Å²) in [7, 11) is 0. The van der Waals surface area contributed by atoms with E-state index in [0.29, 0.717) is 84.5 Å². The van der Waals surface area contributed by atoms with E-state index < -0.39 is 155 Å². The number of hydrogen-bond acceptors (Lipinski definition) is 20. The number of phenols is 1. The number of primary amides is 1. The second-order valence-corrected chi connectivity index (χ2v) is 33.3. The number of benzene rings is 4. The Labute approximate surface area is 751 Å². The van der Waals surface area contributed by atoms with E-state index in [1.54, 1.807) is 44.6 Å². The van der Waals surface area contributed by atoms with Crippen LogP contribution in [-0.2, 0) is 83.2 Å². The van der Waals surface area contributed by atoms with E-state index in [1.165, 1.54) is 24.3 Å². The molecule has 0 aliphatic heterocycles. The minimum atomic E-state index is -1.56. The number of carbonyl (C=O) groups is 12. The molecule has 7 rings (SSSR count). The van der Waals surface area contributed by atoms with Crippen LogP contribution in [0.25, 0.3) is 32.7 Å². The van der Waals surface area contributed by atoms with Crippen molar-refractivity contribution >= 4 is 116 Å². The van der Waals surface area contributed by atoms with Crippen LogP contribution < -0.4 is 115 Å². The lowest BCUT2D eigenvalue weighted by molar-refractivity contribution is -0.136. The maximum absolute atomic E-state index is 15.4. The number of amides is 12. The molecular formula is C90H136N26O13. The summed E-state index contributed by atoms with van der Waals surface area (Å²) in [5.41, 5.74) is 52.0. The molecule has 0 unspecified atom stereocenters. The number of aromatic hydroxyl groups is 1. The third kappa shape index (κ3) is 33.8. The normalized spacial score (nSPS) is 14.4. The summed E-state index contributed by atoms with van der Waals surface area (Å²) in [6.45, 7) is 8.28. The molecule has 0 saturated carbocycles. The van der Waals surface area contributed by atoms with Crippen molar-refractivity contribution in [1.82, 2.24) is 84.1 Å². The molecule has 35 N–H and O–H groups in total. The van der Waals surface area contributed by atoms with Crippen LogP contribution in [0.1, 0.15) is 166 Å². The highest BCUT2D eigenvalue weighted by molar-refractivity contribution is 6.01. The molecule has 129 heavy (non-hydrogen) atoms. The average Bonchev–Trinajstić information content (AvgIpc) is 1.69. The standard InChI is InChI=1S/C90H136N26O13/c1-5-53(4)76(116-84(125)69(31-15-19-41-94)107-79(120)66(28-12-16-38-91)109-86(127)74(113-78(119)62(95)44-52(2)3)47-56-50-104-64-26-10-7-23-60(56)64)88(129)115-73(45-54-34-36-58(117)37-35-54)85(126)111-70(32-20-42-101-89(97)98)81(122)106-68(30-14-18-40-93)83(124)114-75(48-57-51-105-65-27-11-8-24-61(57)65)87(128)110-67(29-13-17-39-92)80(121)108-71(33-21-43-102-90(99)100)82(123)112-72(77(96)118)46-55-49-103-63-25-9-6-22-59(55)63/h6-11,22-27,34-37,49-53,62,66-76,103-105,117H,5,12-21,28-33,38-48,91-95H2,1-4H3,(H2,96,118)(H,106,122)(H,107,120)(H,108,121)(H,109,127)(H,110,128)(H,111,126)(H,112,123)(H,113,119)(H,114,124)(H,115,129)(H,116,125)(H4,97,98,101)(H4,99,100,102)/t53-,62-,66-,67-,68-,69-,70-,71-,72-,73-,74-,75-,76-/m0/s1. The Morgan fingerprint density at radius 1 is 0.357 bits per heavy atom. The number of fused-ring (bicyclic) bond motifs is 3. The predicted molar refractivity (Wildman–Crippen MR) is 495 cm³/mol. The quantitative estimate of drug-likeness (QED) is 0.0139. The molecule has 0 fully saturated rings. The zero-order valence-corrected chi connectivity index (χ0v) is 74.3. The largest absolute Gasteiger partial charge is 0.508 e. The number of rotatable bonds is 59. The molecule has 3 heterocycles. The molecule has 13 atom stereocenters. The van der Waals surface area contributed by atoms with Gasteiger partial charge in [-0.3, -0.25) is 68.4 Å². The molecule has 0 saturated heterocycles. The number of carbonyl (C=O) groups excluding carboxylic acids is 12. The fourth-order valence-corrected chi connectivity index (χ4v) is 15.2. The van der Waals surface area contributed by atoms with Gasteiger partial charge in [0, 0.05) is 90.1 Å². The van der Waals surface area contributed by atoms with Gasteiger partial charge in [-0.25, -0.2) is 0 Å². The molecule has 4 aromatic carbocycles. The first-order valence-electron chi connectivity index (χ1n) is 44.6. The molecule has 7 aromatic rings. The van der Waals surface area contributed by atoms with Gasteiger partial charge in [0.15, 0.2) is 11.9 Å². The van der Waals surface area contributed by atoms with Crippen LogP contribution in [-0.4, -0.2) is 215 Å². The summed E-state index contributed by atoms with van der Waals surface area (Å²) < 4.78 is 0. The second kappa shape index (κ2) is 53.8. The van der Waals surface area contributed by atoms with Gasteiger partial charge in [0.25, 0.3) is 0 Å². The Kier molecular flexibility index (Phi) is 43.1. The number of para-hydroxylation sites is 3. The molecule has 0 bridgehead atoms. The number of aromatic nitrogens is 3. The Bertz CT molecular complexity index is 4840. The van der Waals surface area contributed by atoms with Gasteiger partial charge < -0.3 is 135 Å². The molecule has 704 valence electrons. The second-order valence-electron chi connectivity index (χ2n) is 33.3. The lowest BCUT2D eigenvalue weighted by atomic mass is 9.96. The molecular weight excluding hydrogens is 1650 g/mol. The van der Waals surface area contributed by atoms with Crippen LogP contribution in [0.2, 0.25) is 0 Å². The van der Waals surface area contributed by atoms with Gasteiger partial charge in [-0.1, -0.05) is 101 Å². The van der Waals surface area contributed by atoms with E-state index in [2.05, 4.69) is 84.1 Å². The number of H-pyrrole nitrogens is 3. The highest BCUT2D eigenvalue weighted by Gasteiger charge is 2.39. The van der Waals surface area contributed by atoms with Crippen molar-refractivity contribution in [3.63, 3.8) is 0 Å². The van der Waals surface area contributed by atoms with Gasteiger partial charge in [-0.05, 0) is 200 Å². The van der Waals surface area contributed by atoms with Gasteiger partial charge in [0.2, 0.25) is 70.9 Å². The lowest BCUT2D eigenvalue weighted by Crippen LogP contribution is -2.62. The van der Waals surface area contributed by atoms with Crippen molar-refractivity contribution in [1.29, 1.82) is 10.8 Å². The van der Waals surface area contributed by atoms with E-state index in [4.69, 9.17) is 56.7 Å².